The number of halogens is 1. The number of benzene rings is 1. The van der Waals surface area contributed by atoms with Crippen molar-refractivity contribution in [2.45, 2.75) is 32.4 Å². The number of amides is 2. The summed E-state index contributed by atoms with van der Waals surface area (Å²) in [4.78, 5) is 29.7. The summed E-state index contributed by atoms with van der Waals surface area (Å²) in [6.07, 6.45) is 3.07. The SMILES string of the molecule is COC(=O)c1coc(CN(C(=O)Nc2ccc(C)c(Cl)c2)C2CC2)n1. The second kappa shape index (κ2) is 7.14. The Morgan fingerprint density at radius 1 is 1.44 bits per heavy atom. The molecule has 0 atom stereocenters. The highest BCUT2D eigenvalue weighted by molar-refractivity contribution is 6.31. The van der Waals surface area contributed by atoms with Gasteiger partial charge in [0.15, 0.2) is 5.69 Å². The first-order valence-electron chi connectivity index (χ1n) is 7.84. The summed E-state index contributed by atoms with van der Waals surface area (Å²) in [5.41, 5.74) is 1.64. The average molecular weight is 364 g/mol. The minimum Gasteiger partial charge on any atom is -0.464 e. The number of nitrogens with one attached hydrogen (secondary N) is 1. The molecule has 8 heteroatoms. The molecule has 1 fully saturated rings. The summed E-state index contributed by atoms with van der Waals surface area (Å²) in [5.74, 6) is -0.295. The van der Waals surface area contributed by atoms with Crippen LogP contribution >= 0.6 is 11.6 Å². The van der Waals surface area contributed by atoms with Crippen LogP contribution in [0.15, 0.2) is 28.9 Å². The lowest BCUT2D eigenvalue weighted by atomic mass is 10.2. The van der Waals surface area contributed by atoms with Gasteiger partial charge in [0, 0.05) is 16.8 Å². The van der Waals surface area contributed by atoms with E-state index in [9.17, 15) is 9.59 Å². The summed E-state index contributed by atoms with van der Waals surface area (Å²) in [7, 11) is 1.27. The van der Waals surface area contributed by atoms with Gasteiger partial charge in [0.2, 0.25) is 5.89 Å². The van der Waals surface area contributed by atoms with Crippen LogP contribution in [0.25, 0.3) is 0 Å². The van der Waals surface area contributed by atoms with Crippen molar-refractivity contribution in [3.8, 4) is 0 Å². The first kappa shape index (κ1) is 17.3. The smallest absolute Gasteiger partial charge is 0.360 e. The predicted molar refractivity (Wildman–Crippen MR) is 91.6 cm³/mol. The van der Waals surface area contributed by atoms with E-state index in [0.717, 1.165) is 18.4 Å². The van der Waals surface area contributed by atoms with E-state index in [-0.39, 0.29) is 30.2 Å². The number of carbonyl (C=O) groups excluding carboxylic acids is 2. The van der Waals surface area contributed by atoms with E-state index in [1.165, 1.54) is 13.4 Å². The molecular weight excluding hydrogens is 346 g/mol. The van der Waals surface area contributed by atoms with E-state index in [1.807, 2.05) is 13.0 Å². The molecule has 7 nitrogen and oxygen atoms in total. The van der Waals surface area contributed by atoms with Gasteiger partial charge in [-0.2, -0.15) is 0 Å². The number of oxazole rings is 1. The molecule has 0 radical (unpaired) electrons. The van der Waals surface area contributed by atoms with E-state index in [1.54, 1.807) is 17.0 Å². The normalized spacial score (nSPS) is 13.4. The summed E-state index contributed by atoms with van der Waals surface area (Å²) in [5, 5.41) is 3.42. The van der Waals surface area contributed by atoms with Crippen LogP contribution in [0, 0.1) is 6.92 Å². The fourth-order valence-corrected chi connectivity index (χ4v) is 2.53. The molecule has 1 aromatic carbocycles. The van der Waals surface area contributed by atoms with Crippen LogP contribution < -0.4 is 5.32 Å². The Kier molecular flexibility index (Phi) is 4.94. The molecule has 0 aliphatic heterocycles. The Balaban J connectivity index is 1.70. The number of urea groups is 1. The highest BCUT2D eigenvalue weighted by Gasteiger charge is 2.34. The molecule has 0 spiro atoms. The van der Waals surface area contributed by atoms with Crippen molar-refractivity contribution in [2.24, 2.45) is 0 Å². The monoisotopic (exact) mass is 363 g/mol. The van der Waals surface area contributed by atoms with Gasteiger partial charge in [0.1, 0.15) is 6.26 Å². The van der Waals surface area contributed by atoms with Gasteiger partial charge in [0.05, 0.1) is 13.7 Å². The number of anilines is 1. The van der Waals surface area contributed by atoms with Gasteiger partial charge in [0.25, 0.3) is 0 Å². The zero-order valence-corrected chi connectivity index (χ0v) is 14.7. The van der Waals surface area contributed by atoms with Crippen LogP contribution in [0.5, 0.6) is 0 Å². The van der Waals surface area contributed by atoms with Gasteiger partial charge in [-0.3, -0.25) is 0 Å². The Bertz CT molecular complexity index is 801. The molecule has 3 rings (SSSR count). The number of hydrogen-bond acceptors (Lipinski definition) is 5. The van der Waals surface area contributed by atoms with E-state index >= 15 is 0 Å². The fraction of sp³-hybridized carbons (Fsp3) is 0.353. The molecule has 2 amide bonds. The van der Waals surface area contributed by atoms with Gasteiger partial charge < -0.3 is 19.4 Å². The van der Waals surface area contributed by atoms with Crippen molar-refractivity contribution in [3.63, 3.8) is 0 Å². The minimum atomic E-state index is -0.577. The predicted octanol–water partition coefficient (Wildman–Crippen LogP) is 3.62. The Morgan fingerprint density at radius 3 is 2.84 bits per heavy atom. The van der Waals surface area contributed by atoms with Crippen molar-refractivity contribution in [1.82, 2.24) is 9.88 Å². The third kappa shape index (κ3) is 4.11. The molecule has 1 heterocycles. The molecule has 2 aromatic rings. The lowest BCUT2D eigenvalue weighted by molar-refractivity contribution is 0.0594. The maximum absolute atomic E-state index is 12.6. The van der Waals surface area contributed by atoms with Crippen molar-refractivity contribution < 1.29 is 18.7 Å². The molecule has 0 bridgehead atoms. The van der Waals surface area contributed by atoms with Gasteiger partial charge in [-0.25, -0.2) is 14.6 Å². The molecule has 1 aromatic heterocycles. The number of ether oxygens (including phenoxy) is 1. The highest BCUT2D eigenvalue weighted by Crippen LogP contribution is 2.29. The lowest BCUT2D eigenvalue weighted by Gasteiger charge is -2.21. The summed E-state index contributed by atoms with van der Waals surface area (Å²) in [6.45, 7) is 2.07. The van der Waals surface area contributed by atoms with Crippen molar-refractivity contribution in [3.05, 3.63) is 46.6 Å². The van der Waals surface area contributed by atoms with Gasteiger partial charge in [-0.1, -0.05) is 17.7 Å². The highest BCUT2D eigenvalue weighted by atomic mass is 35.5. The summed E-state index contributed by atoms with van der Waals surface area (Å²) >= 11 is 6.09. The summed E-state index contributed by atoms with van der Waals surface area (Å²) < 4.78 is 9.87. The van der Waals surface area contributed by atoms with E-state index in [0.29, 0.717) is 10.7 Å². The largest absolute Gasteiger partial charge is 0.464 e. The Labute approximate surface area is 149 Å². The lowest BCUT2D eigenvalue weighted by Crippen LogP contribution is -2.36. The van der Waals surface area contributed by atoms with Crippen LogP contribution in [0.3, 0.4) is 0 Å². The van der Waals surface area contributed by atoms with Crippen molar-refractivity contribution >= 4 is 29.3 Å². The van der Waals surface area contributed by atoms with E-state index in [4.69, 9.17) is 16.0 Å². The van der Waals surface area contributed by atoms with Crippen LogP contribution in [-0.4, -0.2) is 35.0 Å². The number of rotatable bonds is 5. The number of nitrogens with zero attached hydrogens (tertiary/aromatic N) is 2. The topological polar surface area (TPSA) is 84.7 Å². The zero-order chi connectivity index (χ0) is 18.0. The van der Waals surface area contributed by atoms with Crippen LogP contribution in [0.4, 0.5) is 10.5 Å². The molecule has 1 aliphatic rings. The molecule has 1 aliphatic carbocycles. The standard InChI is InChI=1S/C17H18ClN3O4/c1-10-3-4-11(7-13(10)18)19-17(23)21(12-5-6-12)8-15-20-14(9-25-15)16(22)24-2/h3-4,7,9,12H,5-6,8H2,1-2H3,(H,19,23). The summed E-state index contributed by atoms with van der Waals surface area (Å²) in [6, 6.07) is 5.22. The molecule has 0 saturated heterocycles. The quantitative estimate of drug-likeness (QED) is 0.820. The average Bonchev–Trinajstić information content (AvgIpc) is 3.33. The second-order valence-electron chi connectivity index (χ2n) is 5.87. The maximum atomic E-state index is 12.6. The third-order valence-corrected chi connectivity index (χ3v) is 4.33. The van der Waals surface area contributed by atoms with Gasteiger partial charge in [-0.15, -0.1) is 0 Å². The molecular formula is C17H18ClN3O4. The van der Waals surface area contributed by atoms with Gasteiger partial charge >= 0.3 is 12.0 Å². The van der Waals surface area contributed by atoms with E-state index < -0.39 is 5.97 Å². The molecule has 0 unspecified atom stereocenters. The third-order valence-electron chi connectivity index (χ3n) is 3.92. The number of aryl methyl sites for hydroxylation is 1. The molecule has 1 saturated carbocycles. The zero-order valence-electron chi connectivity index (χ0n) is 13.9. The number of aromatic nitrogens is 1. The Morgan fingerprint density at radius 2 is 2.20 bits per heavy atom. The fourth-order valence-electron chi connectivity index (χ4n) is 2.35. The van der Waals surface area contributed by atoms with E-state index in [2.05, 4.69) is 15.0 Å². The van der Waals surface area contributed by atoms with Crippen molar-refractivity contribution in [2.75, 3.05) is 12.4 Å². The second-order valence-corrected chi connectivity index (χ2v) is 6.28. The first-order valence-corrected chi connectivity index (χ1v) is 8.22. The molecule has 1 N–H and O–H groups in total. The number of methoxy groups -OCH3 is 1. The Hall–Kier alpha value is -2.54. The van der Waals surface area contributed by atoms with Crippen molar-refractivity contribution in [1.29, 1.82) is 0 Å². The van der Waals surface area contributed by atoms with Crippen LogP contribution in [0.2, 0.25) is 5.02 Å². The maximum Gasteiger partial charge on any atom is 0.360 e. The van der Waals surface area contributed by atoms with Crippen LogP contribution in [0.1, 0.15) is 34.8 Å². The minimum absolute atomic E-state index is 0.0824. The number of carbonyl (C=O) groups is 2. The number of hydrogen-bond donors (Lipinski definition) is 1. The molecule has 25 heavy (non-hydrogen) atoms. The van der Waals surface area contributed by atoms with Gasteiger partial charge in [-0.05, 0) is 37.5 Å². The molecule has 132 valence electrons. The first-order chi connectivity index (χ1) is 12.0. The van der Waals surface area contributed by atoms with Crippen LogP contribution in [-0.2, 0) is 11.3 Å². The number of esters is 1.